The highest BCUT2D eigenvalue weighted by molar-refractivity contribution is 7.90. The molecule has 0 saturated heterocycles. The van der Waals surface area contributed by atoms with Crippen LogP contribution in [-0.2, 0) is 16.6 Å². The molecule has 11 heteroatoms. The maximum Gasteiger partial charge on any atom is 0.407 e. The smallest absolute Gasteiger partial charge is 0.407 e. The van der Waals surface area contributed by atoms with E-state index in [1.54, 1.807) is 0 Å². The molecule has 0 radical (unpaired) electrons. The first-order chi connectivity index (χ1) is 14.8. The molecule has 0 fully saturated rings. The van der Waals surface area contributed by atoms with Gasteiger partial charge in [-0.25, -0.2) is 26.6 Å². The minimum Gasteiger partial charge on any atom is -0.468 e. The summed E-state index contributed by atoms with van der Waals surface area (Å²) >= 11 is 0. The summed E-state index contributed by atoms with van der Waals surface area (Å²) in [6.07, 6.45) is 1.99. The average Bonchev–Trinajstić information content (AvgIpc) is 3.25. The molecule has 0 spiro atoms. The SMILES string of the molecule is Cc1occc1S(=O)(=O)n1cc(CN(CC(C)(C)C)C(=O)O)c(F)c1-c1cccnc1F. The summed E-state index contributed by atoms with van der Waals surface area (Å²) in [6.45, 7) is 6.50. The Hall–Kier alpha value is -3.21. The second kappa shape index (κ2) is 8.38. The van der Waals surface area contributed by atoms with Gasteiger partial charge in [0.15, 0.2) is 5.82 Å². The van der Waals surface area contributed by atoms with Crippen molar-refractivity contribution in [2.45, 2.75) is 39.1 Å². The van der Waals surface area contributed by atoms with Crippen molar-refractivity contribution in [1.29, 1.82) is 0 Å². The van der Waals surface area contributed by atoms with Gasteiger partial charge in [0, 0.05) is 24.5 Å². The second-order valence-corrected chi connectivity index (χ2v) is 10.3. The lowest BCUT2D eigenvalue weighted by Crippen LogP contribution is -2.36. The van der Waals surface area contributed by atoms with E-state index < -0.39 is 45.5 Å². The van der Waals surface area contributed by atoms with Crippen molar-refractivity contribution < 1.29 is 31.5 Å². The van der Waals surface area contributed by atoms with Crippen LogP contribution in [-0.4, -0.2) is 40.0 Å². The summed E-state index contributed by atoms with van der Waals surface area (Å²) in [5, 5.41) is 9.57. The van der Waals surface area contributed by atoms with Gasteiger partial charge in [0.1, 0.15) is 16.3 Å². The summed E-state index contributed by atoms with van der Waals surface area (Å²) in [5.41, 5.74) is -1.61. The van der Waals surface area contributed by atoms with Gasteiger partial charge < -0.3 is 14.4 Å². The van der Waals surface area contributed by atoms with Crippen molar-refractivity contribution in [2.75, 3.05) is 6.54 Å². The number of pyridine rings is 1. The predicted octanol–water partition coefficient (Wildman–Crippen LogP) is 4.49. The van der Waals surface area contributed by atoms with Gasteiger partial charge in [0.2, 0.25) is 5.95 Å². The molecule has 0 saturated carbocycles. The van der Waals surface area contributed by atoms with Gasteiger partial charge >= 0.3 is 6.09 Å². The number of rotatable bonds is 6. The molecule has 0 bridgehead atoms. The maximum atomic E-state index is 15.6. The summed E-state index contributed by atoms with van der Waals surface area (Å²) < 4.78 is 62.3. The zero-order valence-corrected chi connectivity index (χ0v) is 18.8. The van der Waals surface area contributed by atoms with E-state index in [1.807, 2.05) is 20.8 Å². The van der Waals surface area contributed by atoms with Crippen molar-refractivity contribution in [1.82, 2.24) is 13.9 Å². The normalized spacial score (nSPS) is 12.2. The largest absolute Gasteiger partial charge is 0.468 e. The fourth-order valence-corrected chi connectivity index (χ4v) is 4.86. The Morgan fingerprint density at radius 1 is 1.28 bits per heavy atom. The Morgan fingerprint density at radius 2 is 1.97 bits per heavy atom. The first-order valence-corrected chi connectivity index (χ1v) is 11.0. The predicted molar refractivity (Wildman–Crippen MR) is 111 cm³/mol. The minimum atomic E-state index is -4.39. The number of hydrogen-bond donors (Lipinski definition) is 1. The summed E-state index contributed by atoms with van der Waals surface area (Å²) in [5.74, 6) is -2.05. The van der Waals surface area contributed by atoms with E-state index in [9.17, 15) is 22.7 Å². The minimum absolute atomic E-state index is 0.0666. The van der Waals surface area contributed by atoms with Crippen LogP contribution in [0.25, 0.3) is 11.3 Å². The molecule has 3 aromatic heterocycles. The fourth-order valence-electron chi connectivity index (χ4n) is 3.33. The number of amides is 1. The van der Waals surface area contributed by atoms with Crippen molar-refractivity contribution >= 4 is 16.1 Å². The highest BCUT2D eigenvalue weighted by Crippen LogP contribution is 2.33. The average molecular weight is 467 g/mol. The molecule has 0 aliphatic carbocycles. The van der Waals surface area contributed by atoms with Crippen LogP contribution in [0, 0.1) is 24.1 Å². The highest BCUT2D eigenvalue weighted by atomic mass is 32.2. The molecule has 172 valence electrons. The van der Waals surface area contributed by atoms with Gasteiger partial charge in [0.05, 0.1) is 18.4 Å². The van der Waals surface area contributed by atoms with E-state index in [2.05, 4.69) is 4.98 Å². The zero-order chi connectivity index (χ0) is 23.8. The van der Waals surface area contributed by atoms with E-state index in [-0.39, 0.29) is 28.3 Å². The van der Waals surface area contributed by atoms with Gasteiger partial charge in [-0.3, -0.25) is 0 Å². The van der Waals surface area contributed by atoms with Crippen molar-refractivity contribution in [3.05, 3.63) is 59.9 Å². The number of furan rings is 1. The molecule has 32 heavy (non-hydrogen) atoms. The molecule has 3 aromatic rings. The van der Waals surface area contributed by atoms with Gasteiger partial charge in [-0.05, 0) is 30.5 Å². The number of halogens is 2. The molecule has 8 nitrogen and oxygen atoms in total. The summed E-state index contributed by atoms with van der Waals surface area (Å²) in [7, 11) is -4.39. The van der Waals surface area contributed by atoms with Crippen LogP contribution in [0.2, 0.25) is 0 Å². The van der Waals surface area contributed by atoms with E-state index in [4.69, 9.17) is 4.42 Å². The molecular weight excluding hydrogens is 444 g/mol. The monoisotopic (exact) mass is 467 g/mol. The maximum absolute atomic E-state index is 15.6. The Morgan fingerprint density at radius 3 is 2.50 bits per heavy atom. The molecule has 0 atom stereocenters. The number of hydrogen-bond acceptors (Lipinski definition) is 5. The molecule has 1 amide bonds. The fraction of sp³-hybridized carbons (Fsp3) is 0.333. The molecule has 3 rings (SSSR count). The lowest BCUT2D eigenvalue weighted by molar-refractivity contribution is 0.122. The molecular formula is C21H23F2N3O5S. The Balaban J connectivity index is 2.22. The molecule has 3 heterocycles. The van der Waals surface area contributed by atoms with Crippen molar-refractivity contribution in [3.8, 4) is 11.3 Å². The van der Waals surface area contributed by atoms with Gasteiger partial charge in [0.25, 0.3) is 10.0 Å². The standard InChI is InChI=1S/C21H23F2N3O5S/c1-13-16(7-9-31-13)32(29,30)26-11-14(10-25(20(27)28)12-21(2,3)4)17(22)18(26)15-6-5-8-24-19(15)23/h5-9,11H,10,12H2,1-4H3,(H,27,28). The third-order valence-corrected chi connectivity index (χ3v) is 6.43. The molecule has 0 aliphatic rings. The third kappa shape index (κ3) is 4.52. The van der Waals surface area contributed by atoms with Crippen molar-refractivity contribution in [3.63, 3.8) is 0 Å². The van der Waals surface area contributed by atoms with Gasteiger partial charge in [-0.1, -0.05) is 20.8 Å². The number of aryl methyl sites for hydroxylation is 1. The molecule has 1 N–H and O–H groups in total. The van der Waals surface area contributed by atoms with Gasteiger partial charge in [-0.15, -0.1) is 0 Å². The molecule has 0 aromatic carbocycles. The Kier molecular flexibility index (Phi) is 6.14. The first-order valence-electron chi connectivity index (χ1n) is 9.61. The van der Waals surface area contributed by atoms with Crippen LogP contribution < -0.4 is 0 Å². The van der Waals surface area contributed by atoms with Crippen molar-refractivity contribution in [2.24, 2.45) is 5.41 Å². The van der Waals surface area contributed by atoms with Crippen LogP contribution in [0.4, 0.5) is 13.6 Å². The number of carbonyl (C=O) groups is 1. The quantitative estimate of drug-likeness (QED) is 0.536. The number of nitrogens with zero attached hydrogens (tertiary/aromatic N) is 3. The Labute approximate surface area is 184 Å². The Bertz CT molecular complexity index is 1260. The third-order valence-electron chi connectivity index (χ3n) is 4.64. The van der Waals surface area contributed by atoms with Crippen LogP contribution in [0.3, 0.4) is 0 Å². The van der Waals surface area contributed by atoms with Crippen LogP contribution in [0.15, 0.2) is 46.2 Å². The van der Waals surface area contributed by atoms with Crippen LogP contribution >= 0.6 is 0 Å². The number of carboxylic acid groups (broad SMARTS) is 1. The van der Waals surface area contributed by atoms with E-state index in [0.717, 1.165) is 17.3 Å². The first kappa shape index (κ1) is 23.5. The second-order valence-electron chi connectivity index (χ2n) is 8.50. The van der Waals surface area contributed by atoms with Crippen LogP contribution in [0.1, 0.15) is 32.1 Å². The zero-order valence-electron chi connectivity index (χ0n) is 18.0. The van der Waals surface area contributed by atoms with E-state index >= 15 is 4.39 Å². The lowest BCUT2D eigenvalue weighted by atomic mass is 9.96. The van der Waals surface area contributed by atoms with Crippen LogP contribution in [0.5, 0.6) is 0 Å². The summed E-state index contributed by atoms with van der Waals surface area (Å²) in [4.78, 5) is 16.0. The number of aromatic nitrogens is 2. The highest BCUT2D eigenvalue weighted by Gasteiger charge is 2.32. The van der Waals surface area contributed by atoms with E-state index in [0.29, 0.717) is 3.97 Å². The molecule has 0 aliphatic heterocycles. The topological polar surface area (TPSA) is 106 Å². The molecule has 0 unspecified atom stereocenters. The lowest BCUT2D eigenvalue weighted by Gasteiger charge is -2.27. The van der Waals surface area contributed by atoms with E-state index in [1.165, 1.54) is 31.4 Å². The van der Waals surface area contributed by atoms with Gasteiger partial charge in [-0.2, -0.15) is 4.39 Å². The summed E-state index contributed by atoms with van der Waals surface area (Å²) in [6, 6.07) is 3.74.